The Bertz CT molecular complexity index is 818. The summed E-state index contributed by atoms with van der Waals surface area (Å²) in [5.74, 6) is 0.509. The van der Waals surface area contributed by atoms with E-state index in [1.54, 1.807) is 0 Å². The smallest absolute Gasteiger partial charge is 0.416 e. The van der Waals surface area contributed by atoms with Gasteiger partial charge in [0.15, 0.2) is 0 Å². The Kier molecular flexibility index (Phi) is 7.74. The number of methoxy groups -OCH3 is 2. The molecular formula is C19H19BrF3NO5. The second kappa shape index (κ2) is 9.84. The average Bonchev–Trinajstić information content (AvgIpc) is 2.70. The largest absolute Gasteiger partial charge is 0.495 e. The van der Waals surface area contributed by atoms with Gasteiger partial charge >= 0.3 is 6.18 Å². The molecule has 0 saturated heterocycles. The molecule has 1 unspecified atom stereocenters. The van der Waals surface area contributed by atoms with E-state index in [1.807, 2.05) is 0 Å². The van der Waals surface area contributed by atoms with E-state index in [0.717, 1.165) is 24.3 Å². The van der Waals surface area contributed by atoms with Crippen molar-refractivity contribution in [2.45, 2.75) is 12.3 Å². The average molecular weight is 478 g/mol. The predicted molar refractivity (Wildman–Crippen MR) is 103 cm³/mol. The quantitative estimate of drug-likeness (QED) is 0.606. The van der Waals surface area contributed by atoms with Crippen molar-refractivity contribution in [2.24, 2.45) is 0 Å². The number of halogens is 4. The molecule has 1 atom stereocenters. The van der Waals surface area contributed by atoms with Crippen LogP contribution in [0.25, 0.3) is 0 Å². The number of alkyl halides is 3. The van der Waals surface area contributed by atoms with Crippen molar-refractivity contribution in [1.82, 2.24) is 5.32 Å². The molecule has 29 heavy (non-hydrogen) atoms. The van der Waals surface area contributed by atoms with Crippen LogP contribution in [0.2, 0.25) is 0 Å². The molecule has 2 rings (SSSR count). The summed E-state index contributed by atoms with van der Waals surface area (Å²) in [6.45, 7) is -0.335. The van der Waals surface area contributed by atoms with Gasteiger partial charge in [0.25, 0.3) is 5.91 Å². The molecule has 0 aromatic heterocycles. The lowest BCUT2D eigenvalue weighted by atomic mass is 10.2. The van der Waals surface area contributed by atoms with E-state index in [4.69, 9.17) is 14.2 Å². The van der Waals surface area contributed by atoms with Crippen molar-refractivity contribution in [3.8, 4) is 17.2 Å². The van der Waals surface area contributed by atoms with Crippen LogP contribution in [0.1, 0.15) is 15.9 Å². The van der Waals surface area contributed by atoms with E-state index < -0.39 is 23.8 Å². The summed E-state index contributed by atoms with van der Waals surface area (Å²) in [5.41, 5.74) is -0.532. The van der Waals surface area contributed by atoms with Crippen LogP contribution in [0.5, 0.6) is 17.2 Å². The number of rotatable bonds is 8. The van der Waals surface area contributed by atoms with Gasteiger partial charge in [-0.1, -0.05) is 0 Å². The highest BCUT2D eigenvalue weighted by Crippen LogP contribution is 2.35. The summed E-state index contributed by atoms with van der Waals surface area (Å²) in [4.78, 5) is 12.3. The predicted octanol–water partition coefficient (Wildman–Crippen LogP) is 3.65. The highest BCUT2D eigenvalue weighted by Gasteiger charge is 2.30. The van der Waals surface area contributed by atoms with Crippen LogP contribution in [0.15, 0.2) is 40.9 Å². The normalized spacial score (nSPS) is 12.2. The van der Waals surface area contributed by atoms with Gasteiger partial charge in [-0.25, -0.2) is 0 Å². The molecule has 0 aliphatic rings. The minimum Gasteiger partial charge on any atom is -0.495 e. The SMILES string of the molecule is COc1cc(C(=O)NCC(O)COc2ccc(C(F)(F)F)cc2)cc(OC)c1Br. The first kappa shape index (κ1) is 22.8. The zero-order chi connectivity index (χ0) is 21.6. The third-order valence-corrected chi connectivity index (χ3v) is 4.61. The molecule has 0 aliphatic heterocycles. The third kappa shape index (κ3) is 6.26. The second-order valence-electron chi connectivity index (χ2n) is 5.89. The number of aliphatic hydroxyl groups excluding tert-OH is 1. The Morgan fingerprint density at radius 3 is 2.17 bits per heavy atom. The van der Waals surface area contributed by atoms with Gasteiger partial charge in [0, 0.05) is 12.1 Å². The molecule has 0 radical (unpaired) electrons. The molecule has 0 heterocycles. The standard InChI is InChI=1S/C19H19BrF3NO5/c1-27-15-7-11(8-16(28-2)17(15)20)18(26)24-9-13(25)10-29-14-5-3-12(4-6-14)19(21,22)23/h3-8,13,25H,9-10H2,1-2H3,(H,24,26). The molecule has 10 heteroatoms. The van der Waals surface area contributed by atoms with Crippen molar-refractivity contribution in [1.29, 1.82) is 0 Å². The molecule has 2 aromatic rings. The lowest BCUT2D eigenvalue weighted by Gasteiger charge is -2.15. The van der Waals surface area contributed by atoms with E-state index in [0.29, 0.717) is 16.0 Å². The Morgan fingerprint density at radius 1 is 1.14 bits per heavy atom. The molecule has 0 aliphatic carbocycles. The molecule has 2 aromatic carbocycles. The Morgan fingerprint density at radius 2 is 1.69 bits per heavy atom. The summed E-state index contributed by atoms with van der Waals surface area (Å²) in [7, 11) is 2.90. The molecular weight excluding hydrogens is 459 g/mol. The van der Waals surface area contributed by atoms with Crippen LogP contribution in [0.3, 0.4) is 0 Å². The fraction of sp³-hybridized carbons (Fsp3) is 0.316. The monoisotopic (exact) mass is 477 g/mol. The zero-order valence-electron chi connectivity index (χ0n) is 15.5. The number of benzene rings is 2. The van der Waals surface area contributed by atoms with Crippen molar-refractivity contribution >= 4 is 21.8 Å². The molecule has 0 saturated carbocycles. The summed E-state index contributed by atoms with van der Waals surface area (Å²) in [6.07, 6.45) is -5.50. The number of hydrogen-bond acceptors (Lipinski definition) is 5. The number of hydrogen-bond donors (Lipinski definition) is 2. The maximum absolute atomic E-state index is 12.5. The summed E-state index contributed by atoms with van der Waals surface area (Å²) in [5, 5.41) is 12.5. The summed E-state index contributed by atoms with van der Waals surface area (Å²) in [6, 6.07) is 7.11. The second-order valence-corrected chi connectivity index (χ2v) is 6.68. The fourth-order valence-electron chi connectivity index (χ4n) is 2.30. The lowest BCUT2D eigenvalue weighted by molar-refractivity contribution is -0.137. The van der Waals surface area contributed by atoms with Crippen LogP contribution < -0.4 is 19.5 Å². The number of amides is 1. The van der Waals surface area contributed by atoms with Crippen molar-refractivity contribution in [2.75, 3.05) is 27.4 Å². The first-order valence-corrected chi connectivity index (χ1v) is 9.12. The van der Waals surface area contributed by atoms with E-state index in [-0.39, 0.29) is 24.5 Å². The first-order chi connectivity index (χ1) is 13.7. The Balaban J connectivity index is 1.89. The maximum Gasteiger partial charge on any atom is 0.416 e. The molecule has 0 fully saturated rings. The van der Waals surface area contributed by atoms with Crippen LogP contribution >= 0.6 is 15.9 Å². The molecule has 158 valence electrons. The number of aliphatic hydroxyl groups is 1. The molecule has 1 amide bonds. The zero-order valence-corrected chi connectivity index (χ0v) is 17.1. The van der Waals surface area contributed by atoms with Crippen molar-refractivity contribution in [3.05, 3.63) is 52.0 Å². The van der Waals surface area contributed by atoms with Crippen LogP contribution in [-0.2, 0) is 6.18 Å². The number of ether oxygens (including phenoxy) is 3. The van der Waals surface area contributed by atoms with E-state index >= 15 is 0 Å². The number of carbonyl (C=O) groups is 1. The molecule has 6 nitrogen and oxygen atoms in total. The van der Waals surface area contributed by atoms with Gasteiger partial charge in [-0.15, -0.1) is 0 Å². The maximum atomic E-state index is 12.5. The van der Waals surface area contributed by atoms with Crippen LogP contribution in [0, 0.1) is 0 Å². The lowest BCUT2D eigenvalue weighted by Crippen LogP contribution is -2.35. The topological polar surface area (TPSA) is 77.0 Å². The molecule has 0 bridgehead atoms. The minimum atomic E-state index is -4.43. The molecule has 2 N–H and O–H groups in total. The Hall–Kier alpha value is -2.46. The molecule has 0 spiro atoms. The number of nitrogens with one attached hydrogen (secondary N) is 1. The van der Waals surface area contributed by atoms with Gasteiger partial charge in [-0.3, -0.25) is 4.79 Å². The van der Waals surface area contributed by atoms with E-state index in [9.17, 15) is 23.1 Å². The Labute approximate surface area is 173 Å². The van der Waals surface area contributed by atoms with Gasteiger partial charge < -0.3 is 24.6 Å². The van der Waals surface area contributed by atoms with Crippen LogP contribution in [-0.4, -0.2) is 44.5 Å². The van der Waals surface area contributed by atoms with Gasteiger partial charge in [-0.2, -0.15) is 13.2 Å². The van der Waals surface area contributed by atoms with E-state index in [1.165, 1.54) is 26.4 Å². The highest BCUT2D eigenvalue weighted by molar-refractivity contribution is 9.10. The van der Waals surface area contributed by atoms with Gasteiger partial charge in [-0.05, 0) is 52.3 Å². The van der Waals surface area contributed by atoms with Crippen molar-refractivity contribution in [3.63, 3.8) is 0 Å². The third-order valence-electron chi connectivity index (χ3n) is 3.83. The van der Waals surface area contributed by atoms with Crippen molar-refractivity contribution < 1.29 is 37.3 Å². The van der Waals surface area contributed by atoms with Gasteiger partial charge in [0.2, 0.25) is 0 Å². The summed E-state index contributed by atoms with van der Waals surface area (Å²) >= 11 is 3.30. The highest BCUT2D eigenvalue weighted by atomic mass is 79.9. The number of carbonyl (C=O) groups excluding carboxylic acids is 1. The van der Waals surface area contributed by atoms with E-state index in [2.05, 4.69) is 21.2 Å². The first-order valence-electron chi connectivity index (χ1n) is 8.33. The van der Waals surface area contributed by atoms with Gasteiger partial charge in [0.05, 0.1) is 19.8 Å². The van der Waals surface area contributed by atoms with Crippen LogP contribution in [0.4, 0.5) is 13.2 Å². The van der Waals surface area contributed by atoms with Gasteiger partial charge in [0.1, 0.15) is 34.4 Å². The minimum absolute atomic E-state index is 0.125. The fourth-order valence-corrected chi connectivity index (χ4v) is 2.86. The summed E-state index contributed by atoms with van der Waals surface area (Å²) < 4.78 is 53.7.